The van der Waals surface area contributed by atoms with Crippen molar-refractivity contribution < 1.29 is 31.8 Å². The summed E-state index contributed by atoms with van der Waals surface area (Å²) < 4.78 is 59.2. The van der Waals surface area contributed by atoms with Gasteiger partial charge in [-0.15, -0.1) is 13.2 Å². The van der Waals surface area contributed by atoms with E-state index in [4.69, 9.17) is 22.1 Å². The van der Waals surface area contributed by atoms with Crippen LogP contribution in [0.1, 0.15) is 25.7 Å². The van der Waals surface area contributed by atoms with Crippen molar-refractivity contribution in [1.82, 2.24) is 10.2 Å². The van der Waals surface area contributed by atoms with Crippen molar-refractivity contribution in [3.05, 3.63) is 40.9 Å². The number of carbonyl (C=O) groups is 1. The van der Waals surface area contributed by atoms with Crippen molar-refractivity contribution in [1.29, 1.82) is 0 Å². The summed E-state index contributed by atoms with van der Waals surface area (Å²) in [6.07, 6.45) is -0.731. The first-order chi connectivity index (χ1) is 15.6. The van der Waals surface area contributed by atoms with Gasteiger partial charge >= 0.3 is 6.36 Å². The Kier molecular flexibility index (Phi) is 8.41. The number of hydrogen-bond donors (Lipinski definition) is 2. The van der Waals surface area contributed by atoms with Gasteiger partial charge in [0.25, 0.3) is 5.91 Å². The fourth-order valence-corrected chi connectivity index (χ4v) is 3.74. The number of aliphatic imine (C=N–C) groups is 1. The summed E-state index contributed by atoms with van der Waals surface area (Å²) in [6, 6.07) is 3.67. The highest BCUT2D eigenvalue weighted by molar-refractivity contribution is 6.30. The number of likely N-dealkylation sites (tertiary alicyclic amines) is 1. The SMILES string of the molecule is NC=C(C=NC1CC(OC(F)(F)F)C1)N1CCC(NC(=O)COc2ccc(Cl)c(F)c2)CC1. The number of piperidine rings is 1. The van der Waals surface area contributed by atoms with Crippen molar-refractivity contribution in [2.45, 2.75) is 50.2 Å². The highest BCUT2D eigenvalue weighted by Gasteiger charge is 2.40. The Morgan fingerprint density at radius 1 is 1.30 bits per heavy atom. The van der Waals surface area contributed by atoms with Crippen LogP contribution in [0.3, 0.4) is 0 Å². The zero-order valence-corrected chi connectivity index (χ0v) is 18.4. The predicted molar refractivity (Wildman–Crippen MR) is 114 cm³/mol. The number of nitrogens with one attached hydrogen (secondary N) is 1. The van der Waals surface area contributed by atoms with E-state index in [1.807, 2.05) is 4.90 Å². The molecule has 2 fully saturated rings. The number of halogens is 5. The van der Waals surface area contributed by atoms with E-state index >= 15 is 0 Å². The fraction of sp³-hybridized carbons (Fsp3) is 0.524. The summed E-state index contributed by atoms with van der Waals surface area (Å²) in [5.74, 6) is -0.733. The van der Waals surface area contributed by atoms with Crippen LogP contribution in [0.15, 0.2) is 35.1 Å². The van der Waals surface area contributed by atoms with Gasteiger partial charge in [0.2, 0.25) is 0 Å². The minimum absolute atomic E-state index is 0.0261. The van der Waals surface area contributed by atoms with E-state index in [0.717, 1.165) is 6.07 Å². The van der Waals surface area contributed by atoms with Crippen molar-refractivity contribution in [3.8, 4) is 5.75 Å². The number of nitrogens with zero attached hydrogens (tertiary/aromatic N) is 2. The first kappa shape index (κ1) is 25.1. The molecule has 1 heterocycles. The number of nitrogens with two attached hydrogens (primary N) is 1. The molecule has 1 aliphatic carbocycles. The maximum absolute atomic E-state index is 13.4. The van der Waals surface area contributed by atoms with Gasteiger partial charge in [-0.05, 0) is 37.8 Å². The molecule has 3 N–H and O–H groups in total. The van der Waals surface area contributed by atoms with E-state index in [9.17, 15) is 22.4 Å². The molecule has 0 atom stereocenters. The Labute approximate surface area is 193 Å². The molecular weight excluding hydrogens is 468 g/mol. The number of amides is 1. The minimum atomic E-state index is -4.62. The molecular formula is C21H25ClF4N4O3. The lowest BCUT2D eigenvalue weighted by Crippen LogP contribution is -2.46. The van der Waals surface area contributed by atoms with Gasteiger partial charge in [-0.3, -0.25) is 14.5 Å². The zero-order chi connectivity index (χ0) is 24.0. The second-order valence-corrected chi connectivity index (χ2v) is 8.28. The molecule has 3 rings (SSSR count). The van der Waals surface area contributed by atoms with Gasteiger partial charge in [-0.1, -0.05) is 11.6 Å². The maximum atomic E-state index is 13.4. The van der Waals surface area contributed by atoms with E-state index in [2.05, 4.69) is 15.0 Å². The minimum Gasteiger partial charge on any atom is -0.484 e. The number of ether oxygens (including phenoxy) is 2. The average molecular weight is 493 g/mol. The Bertz CT molecular complexity index is 883. The largest absolute Gasteiger partial charge is 0.522 e. The van der Waals surface area contributed by atoms with Crippen LogP contribution < -0.4 is 15.8 Å². The third-order valence-electron chi connectivity index (χ3n) is 5.44. The van der Waals surface area contributed by atoms with Gasteiger partial charge in [-0.25, -0.2) is 4.39 Å². The molecule has 33 heavy (non-hydrogen) atoms. The molecule has 1 aromatic carbocycles. The molecule has 182 valence electrons. The van der Waals surface area contributed by atoms with Crippen LogP contribution in [0, 0.1) is 5.82 Å². The summed E-state index contributed by atoms with van der Waals surface area (Å²) in [7, 11) is 0. The second-order valence-electron chi connectivity index (χ2n) is 7.87. The highest BCUT2D eigenvalue weighted by atomic mass is 35.5. The lowest BCUT2D eigenvalue weighted by atomic mass is 9.90. The second kappa shape index (κ2) is 11.1. The van der Waals surface area contributed by atoms with Gasteiger partial charge in [0, 0.05) is 37.6 Å². The molecule has 1 amide bonds. The molecule has 0 spiro atoms. The Hall–Kier alpha value is -2.53. The molecule has 7 nitrogen and oxygen atoms in total. The van der Waals surface area contributed by atoms with E-state index in [1.54, 1.807) is 6.21 Å². The summed E-state index contributed by atoms with van der Waals surface area (Å²) in [5.41, 5.74) is 6.37. The van der Waals surface area contributed by atoms with Gasteiger partial charge in [0.05, 0.1) is 22.9 Å². The number of allylic oxidation sites excluding steroid dienone is 1. The van der Waals surface area contributed by atoms with Gasteiger partial charge in [0.15, 0.2) is 6.61 Å². The van der Waals surface area contributed by atoms with E-state index in [-0.39, 0.29) is 48.2 Å². The fourth-order valence-electron chi connectivity index (χ4n) is 3.62. The molecule has 1 aromatic rings. The number of alkyl halides is 3. The van der Waals surface area contributed by atoms with E-state index in [0.29, 0.717) is 31.6 Å². The Morgan fingerprint density at radius 3 is 2.61 bits per heavy atom. The van der Waals surface area contributed by atoms with Crippen LogP contribution >= 0.6 is 11.6 Å². The summed E-state index contributed by atoms with van der Waals surface area (Å²) in [5, 5.41) is 2.86. The standard InChI is InChI=1S/C21H25ClF4N4O3/c22-18-2-1-16(9-19(18)23)32-12-20(31)29-13-3-5-30(6-4-13)15(10-27)11-28-14-7-17(8-14)33-21(24,25)26/h1-2,9-11,13-14,17H,3-8,12,27H2,(H,29,31). The van der Waals surface area contributed by atoms with Crippen LogP contribution in [-0.4, -0.2) is 61.3 Å². The zero-order valence-electron chi connectivity index (χ0n) is 17.7. The topological polar surface area (TPSA) is 89.2 Å². The summed E-state index contributed by atoms with van der Waals surface area (Å²) >= 11 is 5.61. The molecule has 0 unspecified atom stereocenters. The van der Waals surface area contributed by atoms with Crippen molar-refractivity contribution in [2.75, 3.05) is 19.7 Å². The lowest BCUT2D eigenvalue weighted by Gasteiger charge is -2.35. The smallest absolute Gasteiger partial charge is 0.484 e. The van der Waals surface area contributed by atoms with Crippen LogP contribution in [0.5, 0.6) is 5.75 Å². The number of hydrogen-bond acceptors (Lipinski definition) is 6. The normalized spacial score (nSPS) is 22.3. The summed E-state index contributed by atoms with van der Waals surface area (Å²) in [6.45, 7) is 0.990. The van der Waals surface area contributed by atoms with Crippen molar-refractivity contribution >= 4 is 23.7 Å². The first-order valence-corrected chi connectivity index (χ1v) is 10.8. The molecule has 1 saturated carbocycles. The van der Waals surface area contributed by atoms with Gasteiger partial charge < -0.3 is 20.7 Å². The predicted octanol–water partition coefficient (Wildman–Crippen LogP) is 3.38. The molecule has 0 radical (unpaired) electrons. The average Bonchev–Trinajstić information content (AvgIpc) is 2.73. The molecule has 12 heteroatoms. The third kappa shape index (κ3) is 7.78. The number of benzene rings is 1. The van der Waals surface area contributed by atoms with Crippen LogP contribution in [0.4, 0.5) is 17.6 Å². The van der Waals surface area contributed by atoms with E-state index in [1.165, 1.54) is 18.3 Å². The summed E-state index contributed by atoms with van der Waals surface area (Å²) in [4.78, 5) is 18.4. The van der Waals surface area contributed by atoms with Crippen LogP contribution in [0.25, 0.3) is 0 Å². The first-order valence-electron chi connectivity index (χ1n) is 10.4. The Balaban J connectivity index is 1.37. The third-order valence-corrected chi connectivity index (χ3v) is 5.75. The molecule has 2 aliphatic rings. The van der Waals surface area contributed by atoms with Gasteiger partial charge in [0.1, 0.15) is 11.6 Å². The molecule has 1 aliphatic heterocycles. The maximum Gasteiger partial charge on any atom is 0.522 e. The van der Waals surface area contributed by atoms with Gasteiger partial charge in [-0.2, -0.15) is 0 Å². The monoisotopic (exact) mass is 492 g/mol. The van der Waals surface area contributed by atoms with Crippen molar-refractivity contribution in [2.24, 2.45) is 10.7 Å². The number of rotatable bonds is 8. The van der Waals surface area contributed by atoms with Crippen molar-refractivity contribution in [3.63, 3.8) is 0 Å². The van der Waals surface area contributed by atoms with E-state index < -0.39 is 18.3 Å². The number of carbonyl (C=O) groups excluding carboxylic acids is 1. The Morgan fingerprint density at radius 2 is 2.00 bits per heavy atom. The highest BCUT2D eigenvalue weighted by Crippen LogP contribution is 2.32. The van der Waals surface area contributed by atoms with Crippen LogP contribution in [0.2, 0.25) is 5.02 Å². The molecule has 0 bridgehead atoms. The molecule has 0 aromatic heterocycles. The quantitative estimate of drug-likeness (QED) is 0.429. The van der Waals surface area contributed by atoms with Crippen LogP contribution in [-0.2, 0) is 9.53 Å². The lowest BCUT2D eigenvalue weighted by molar-refractivity contribution is -0.351. The molecule has 1 saturated heterocycles.